The topological polar surface area (TPSA) is 55.3 Å². The van der Waals surface area contributed by atoms with Crippen LogP contribution in [0.4, 0.5) is 5.95 Å². The summed E-state index contributed by atoms with van der Waals surface area (Å²) in [5, 5.41) is 0. The molecule has 5 heteroatoms. The molecule has 1 atom stereocenters. The Kier molecular flexibility index (Phi) is 3.66. The van der Waals surface area contributed by atoms with Crippen LogP contribution < -0.4 is 4.90 Å². The summed E-state index contributed by atoms with van der Waals surface area (Å²) in [6, 6.07) is 9.92. The fourth-order valence-electron chi connectivity index (χ4n) is 2.87. The Labute approximate surface area is 130 Å². The minimum atomic E-state index is -0.454. The molecule has 1 fully saturated rings. The maximum absolute atomic E-state index is 12.4. The van der Waals surface area contributed by atoms with Gasteiger partial charge in [-0.05, 0) is 5.56 Å². The fraction of sp³-hybridized carbons (Fsp3) is 0.353. The highest BCUT2D eigenvalue weighted by Crippen LogP contribution is 2.34. The number of rotatable bonds is 3. The molecule has 1 amide bonds. The molecule has 2 aromatic rings. The summed E-state index contributed by atoms with van der Waals surface area (Å²) < 4.78 is 5.34. The van der Waals surface area contributed by atoms with Gasteiger partial charge in [-0.1, -0.05) is 44.2 Å². The van der Waals surface area contributed by atoms with Crippen molar-refractivity contribution < 1.29 is 9.53 Å². The van der Waals surface area contributed by atoms with Gasteiger partial charge in [0.2, 0.25) is 5.95 Å². The van der Waals surface area contributed by atoms with E-state index in [1.165, 1.54) is 0 Å². The fourth-order valence-corrected chi connectivity index (χ4v) is 2.87. The van der Waals surface area contributed by atoms with Crippen molar-refractivity contribution in [1.29, 1.82) is 0 Å². The van der Waals surface area contributed by atoms with Crippen LogP contribution in [0.1, 0.15) is 13.8 Å². The maximum Gasteiger partial charge on any atom is 0.259 e. The molecule has 2 heterocycles. The number of hydrogen-bond donors (Lipinski definition) is 0. The van der Waals surface area contributed by atoms with Crippen LogP contribution in [0.15, 0.2) is 42.7 Å². The molecule has 0 spiro atoms. The zero-order valence-corrected chi connectivity index (χ0v) is 13.0. The minimum absolute atomic E-state index is 0.0834. The highest BCUT2D eigenvalue weighted by molar-refractivity contribution is 5.98. The number of methoxy groups -OCH3 is 1. The molecule has 1 saturated heterocycles. The standard InChI is InChI=1S/C17H19N3O2/c1-17(2)11-20(15(21)14(17)22-3)16-18-9-13(10-19-16)12-7-5-4-6-8-12/h4-10,14H,11H2,1-3H3/t14-/m0/s1. The summed E-state index contributed by atoms with van der Waals surface area (Å²) in [5.74, 6) is 0.345. The predicted octanol–water partition coefficient (Wildman–Crippen LogP) is 2.53. The van der Waals surface area contributed by atoms with Crippen LogP contribution in [0.2, 0.25) is 0 Å². The van der Waals surface area contributed by atoms with Gasteiger partial charge in [0.05, 0.1) is 0 Å². The number of hydrogen-bond acceptors (Lipinski definition) is 4. The summed E-state index contributed by atoms with van der Waals surface area (Å²) in [6.45, 7) is 4.57. The number of benzene rings is 1. The van der Waals surface area contributed by atoms with E-state index in [0.717, 1.165) is 11.1 Å². The molecule has 3 rings (SSSR count). The van der Waals surface area contributed by atoms with Gasteiger partial charge in [-0.3, -0.25) is 9.69 Å². The van der Waals surface area contributed by atoms with Gasteiger partial charge in [0, 0.05) is 37.0 Å². The molecule has 1 aromatic carbocycles. The summed E-state index contributed by atoms with van der Waals surface area (Å²) in [4.78, 5) is 22.7. The van der Waals surface area contributed by atoms with Gasteiger partial charge in [-0.15, -0.1) is 0 Å². The molecule has 5 nitrogen and oxygen atoms in total. The average molecular weight is 297 g/mol. The zero-order chi connectivity index (χ0) is 15.7. The number of carbonyl (C=O) groups is 1. The molecule has 0 aliphatic carbocycles. The average Bonchev–Trinajstić information content (AvgIpc) is 2.77. The third-order valence-electron chi connectivity index (χ3n) is 3.99. The molecule has 1 aliphatic heterocycles. The maximum atomic E-state index is 12.4. The van der Waals surface area contributed by atoms with E-state index in [9.17, 15) is 4.79 Å². The summed E-state index contributed by atoms with van der Waals surface area (Å²) in [6.07, 6.45) is 3.04. The van der Waals surface area contributed by atoms with E-state index in [4.69, 9.17) is 4.74 Å². The van der Waals surface area contributed by atoms with Gasteiger partial charge in [-0.2, -0.15) is 0 Å². The van der Waals surface area contributed by atoms with Gasteiger partial charge in [0.1, 0.15) is 6.10 Å². The highest BCUT2D eigenvalue weighted by atomic mass is 16.5. The first-order valence-corrected chi connectivity index (χ1v) is 7.24. The molecule has 1 aromatic heterocycles. The molecule has 114 valence electrons. The van der Waals surface area contributed by atoms with Crippen molar-refractivity contribution in [1.82, 2.24) is 9.97 Å². The summed E-state index contributed by atoms with van der Waals surface area (Å²) >= 11 is 0. The summed E-state index contributed by atoms with van der Waals surface area (Å²) in [5.41, 5.74) is 1.73. The van der Waals surface area contributed by atoms with Crippen molar-refractivity contribution in [2.75, 3.05) is 18.6 Å². The number of ether oxygens (including phenoxy) is 1. The van der Waals surface area contributed by atoms with Crippen LogP contribution in [0.25, 0.3) is 11.1 Å². The second kappa shape index (κ2) is 5.50. The highest BCUT2D eigenvalue weighted by Gasteiger charge is 2.47. The van der Waals surface area contributed by atoms with E-state index in [2.05, 4.69) is 9.97 Å². The van der Waals surface area contributed by atoms with E-state index in [-0.39, 0.29) is 11.3 Å². The van der Waals surface area contributed by atoms with Gasteiger partial charge >= 0.3 is 0 Å². The van der Waals surface area contributed by atoms with Crippen LogP contribution in [-0.4, -0.2) is 35.6 Å². The van der Waals surface area contributed by atoms with Crippen LogP contribution in [-0.2, 0) is 9.53 Å². The second-order valence-electron chi connectivity index (χ2n) is 6.17. The number of aromatic nitrogens is 2. The third-order valence-corrected chi connectivity index (χ3v) is 3.99. The van der Waals surface area contributed by atoms with E-state index in [0.29, 0.717) is 12.5 Å². The largest absolute Gasteiger partial charge is 0.371 e. The molecule has 0 radical (unpaired) electrons. The number of nitrogens with zero attached hydrogens (tertiary/aromatic N) is 3. The van der Waals surface area contributed by atoms with Crippen molar-refractivity contribution in [3.63, 3.8) is 0 Å². The number of carbonyl (C=O) groups excluding carboxylic acids is 1. The van der Waals surface area contributed by atoms with Gasteiger partial charge < -0.3 is 4.74 Å². The quantitative estimate of drug-likeness (QED) is 0.873. The van der Waals surface area contributed by atoms with E-state index in [1.54, 1.807) is 24.4 Å². The van der Waals surface area contributed by atoms with Crippen molar-refractivity contribution >= 4 is 11.9 Å². The van der Waals surface area contributed by atoms with Crippen molar-refractivity contribution in [3.8, 4) is 11.1 Å². The van der Waals surface area contributed by atoms with Crippen molar-refractivity contribution in [3.05, 3.63) is 42.7 Å². The molecule has 0 N–H and O–H groups in total. The Bertz CT molecular complexity index is 668. The lowest BCUT2D eigenvalue weighted by molar-refractivity contribution is -0.128. The SMILES string of the molecule is CO[C@H]1C(=O)N(c2ncc(-c3ccccc3)cn2)CC1(C)C. The molecule has 0 bridgehead atoms. The molecule has 22 heavy (non-hydrogen) atoms. The second-order valence-corrected chi connectivity index (χ2v) is 6.17. The Balaban J connectivity index is 1.87. The number of anilines is 1. The lowest BCUT2D eigenvalue weighted by atomic mass is 9.90. The van der Waals surface area contributed by atoms with Crippen LogP contribution >= 0.6 is 0 Å². The predicted molar refractivity (Wildman–Crippen MR) is 84.4 cm³/mol. The van der Waals surface area contributed by atoms with Gasteiger partial charge in [-0.25, -0.2) is 9.97 Å². The molecular weight excluding hydrogens is 278 g/mol. The molecular formula is C17H19N3O2. The van der Waals surface area contributed by atoms with E-state index < -0.39 is 6.10 Å². The van der Waals surface area contributed by atoms with Crippen molar-refractivity contribution in [2.45, 2.75) is 20.0 Å². The Morgan fingerprint density at radius 3 is 2.32 bits per heavy atom. The van der Waals surface area contributed by atoms with Gasteiger partial charge in [0.25, 0.3) is 5.91 Å². The normalized spacial score (nSPS) is 20.4. The monoisotopic (exact) mass is 297 g/mol. The number of amides is 1. The van der Waals surface area contributed by atoms with E-state index >= 15 is 0 Å². The lowest BCUT2D eigenvalue weighted by Gasteiger charge is -2.21. The minimum Gasteiger partial charge on any atom is -0.371 e. The third kappa shape index (κ3) is 2.48. The lowest BCUT2D eigenvalue weighted by Crippen LogP contribution is -2.33. The first-order valence-electron chi connectivity index (χ1n) is 7.24. The zero-order valence-electron chi connectivity index (χ0n) is 13.0. The van der Waals surface area contributed by atoms with Crippen molar-refractivity contribution in [2.24, 2.45) is 5.41 Å². The smallest absolute Gasteiger partial charge is 0.259 e. The van der Waals surface area contributed by atoms with Crippen LogP contribution in [0.3, 0.4) is 0 Å². The Hall–Kier alpha value is -2.27. The Morgan fingerprint density at radius 2 is 1.77 bits per heavy atom. The van der Waals surface area contributed by atoms with E-state index in [1.807, 2.05) is 44.2 Å². The molecule has 0 unspecified atom stereocenters. The molecule has 1 aliphatic rings. The molecule has 0 saturated carbocycles. The van der Waals surface area contributed by atoms with Crippen LogP contribution in [0, 0.1) is 5.41 Å². The van der Waals surface area contributed by atoms with Crippen LogP contribution in [0.5, 0.6) is 0 Å². The first-order chi connectivity index (χ1) is 10.5. The summed E-state index contributed by atoms with van der Waals surface area (Å²) in [7, 11) is 1.56. The van der Waals surface area contributed by atoms with Gasteiger partial charge in [0.15, 0.2) is 0 Å². The Morgan fingerprint density at radius 1 is 1.14 bits per heavy atom. The first kappa shape index (κ1) is 14.7.